The fraction of sp³-hybridized carbons (Fsp3) is 0.714. The Morgan fingerprint density at radius 2 is 1.47 bits per heavy atom. The van der Waals surface area contributed by atoms with Crippen LogP contribution in [0.25, 0.3) is 0 Å². The van der Waals surface area contributed by atoms with E-state index in [0.29, 0.717) is 0 Å². The van der Waals surface area contributed by atoms with Crippen LogP contribution in [-0.2, 0) is 0 Å². The topological polar surface area (TPSA) is 0 Å². The summed E-state index contributed by atoms with van der Waals surface area (Å²) in [5, 5.41) is 0. The van der Waals surface area contributed by atoms with Crippen LogP contribution in [0.5, 0.6) is 0 Å². The van der Waals surface area contributed by atoms with Gasteiger partial charge in [-0.05, 0) is 36.4 Å². The summed E-state index contributed by atoms with van der Waals surface area (Å²) in [5.74, 6) is 9.22. The van der Waals surface area contributed by atoms with Gasteiger partial charge in [0.05, 0.1) is 0 Å². The molecule has 0 aliphatic heterocycles. The van der Waals surface area contributed by atoms with Crippen molar-refractivity contribution in [3.63, 3.8) is 0 Å². The van der Waals surface area contributed by atoms with E-state index in [-0.39, 0.29) is 0 Å². The van der Waals surface area contributed by atoms with Crippen LogP contribution >= 0.6 is 0 Å². The second-order valence-corrected chi connectivity index (χ2v) is 8.93. The Balaban J connectivity index is 4.26. The van der Waals surface area contributed by atoms with E-state index >= 15 is 0 Å². The van der Waals surface area contributed by atoms with Crippen LogP contribution in [0.15, 0.2) is 0 Å². The maximum absolute atomic E-state index is 3.47. The highest BCUT2D eigenvalue weighted by molar-refractivity contribution is 6.87. The quantitative estimate of drug-likeness (QED) is 0.369. The van der Waals surface area contributed by atoms with Crippen LogP contribution in [0.3, 0.4) is 0 Å². The van der Waals surface area contributed by atoms with Crippen molar-refractivity contribution >= 4 is 8.07 Å². The molecule has 84 valence electrons. The highest BCUT2D eigenvalue weighted by Crippen LogP contribution is 2.18. The van der Waals surface area contributed by atoms with Crippen molar-refractivity contribution in [2.24, 2.45) is 0 Å². The van der Waals surface area contributed by atoms with E-state index in [1.54, 1.807) is 0 Å². The maximum atomic E-state index is 3.47. The minimum atomic E-state index is -1.25. The molecule has 0 radical (unpaired) electrons. The number of rotatable bonds is 5. The zero-order chi connectivity index (χ0) is 11.6. The lowest BCUT2D eigenvalue weighted by molar-refractivity contribution is 0.828. The van der Waals surface area contributed by atoms with Crippen LogP contribution in [0.4, 0.5) is 0 Å². The van der Waals surface area contributed by atoms with Gasteiger partial charge in [-0.25, -0.2) is 0 Å². The van der Waals surface area contributed by atoms with Crippen LogP contribution in [0, 0.1) is 23.3 Å². The lowest BCUT2D eigenvalue weighted by Crippen LogP contribution is -2.29. The minimum Gasteiger partial charge on any atom is -0.117 e. The van der Waals surface area contributed by atoms with Gasteiger partial charge in [-0.3, -0.25) is 0 Å². The predicted octanol–water partition coefficient (Wildman–Crippen LogP) is 4.23. The van der Waals surface area contributed by atoms with Crippen molar-refractivity contribution in [2.45, 2.75) is 65.1 Å². The molecular weight excluding hydrogens is 196 g/mol. The Labute approximate surface area is 96.9 Å². The van der Waals surface area contributed by atoms with Gasteiger partial charge in [0.25, 0.3) is 0 Å². The van der Waals surface area contributed by atoms with E-state index in [9.17, 15) is 0 Å². The number of unbranched alkanes of at least 4 members (excludes halogenated alkanes) is 2. The van der Waals surface area contributed by atoms with Crippen LogP contribution in [0.1, 0.15) is 47.0 Å². The molecule has 0 nitrogen and oxygen atoms in total. The lowest BCUT2D eigenvalue weighted by atomic mass is 10.2. The third-order valence-corrected chi connectivity index (χ3v) is 7.88. The molecule has 0 aromatic carbocycles. The first-order chi connectivity index (χ1) is 7.24. The normalized spacial score (nSPS) is 9.87. The number of hydrogen-bond acceptors (Lipinski definition) is 0. The molecule has 0 saturated carbocycles. The molecular formula is C14H24Si. The van der Waals surface area contributed by atoms with E-state index in [1.807, 2.05) is 0 Å². The minimum absolute atomic E-state index is 1.00. The summed E-state index contributed by atoms with van der Waals surface area (Å²) in [4.78, 5) is 0. The smallest absolute Gasteiger partial charge is 0.117 e. The van der Waals surface area contributed by atoms with Crippen molar-refractivity contribution in [2.75, 3.05) is 0 Å². The average Bonchev–Trinajstić information content (AvgIpc) is 2.29. The van der Waals surface area contributed by atoms with E-state index in [4.69, 9.17) is 0 Å². The Kier molecular flexibility index (Phi) is 8.25. The Morgan fingerprint density at radius 1 is 0.867 bits per heavy atom. The van der Waals surface area contributed by atoms with Crippen molar-refractivity contribution < 1.29 is 0 Å². The fourth-order valence-corrected chi connectivity index (χ4v) is 3.91. The summed E-state index contributed by atoms with van der Waals surface area (Å²) in [7, 11) is -1.25. The largest absolute Gasteiger partial charge is 0.139 e. The van der Waals surface area contributed by atoms with Gasteiger partial charge in [0.2, 0.25) is 0 Å². The molecule has 0 unspecified atom stereocenters. The van der Waals surface area contributed by atoms with E-state index < -0.39 is 8.07 Å². The van der Waals surface area contributed by atoms with Gasteiger partial charge in [-0.1, -0.05) is 40.0 Å². The molecule has 0 saturated heterocycles. The molecule has 0 rings (SSSR count). The second kappa shape index (κ2) is 8.63. The number of hydrogen-bond donors (Lipinski definition) is 0. The molecule has 1 heteroatoms. The first kappa shape index (κ1) is 14.3. The summed E-state index contributed by atoms with van der Waals surface area (Å²) in [6.45, 7) is 9.02. The van der Waals surface area contributed by atoms with Crippen LogP contribution in [0.2, 0.25) is 18.1 Å². The predicted molar refractivity (Wildman–Crippen MR) is 72.3 cm³/mol. The molecule has 0 heterocycles. The second-order valence-electron chi connectivity index (χ2n) is 4.00. The van der Waals surface area contributed by atoms with Gasteiger partial charge in [0.15, 0.2) is 0 Å². The van der Waals surface area contributed by atoms with Crippen LogP contribution in [-0.4, -0.2) is 8.07 Å². The Morgan fingerprint density at radius 3 is 1.93 bits per heavy atom. The van der Waals surface area contributed by atoms with Gasteiger partial charge < -0.3 is 0 Å². The molecule has 0 atom stereocenters. The third-order valence-electron chi connectivity index (χ3n) is 3.16. The van der Waals surface area contributed by atoms with Crippen molar-refractivity contribution in [1.82, 2.24) is 0 Å². The van der Waals surface area contributed by atoms with Crippen molar-refractivity contribution in [3.05, 3.63) is 0 Å². The molecule has 15 heavy (non-hydrogen) atoms. The lowest BCUT2D eigenvalue weighted by Gasteiger charge is -2.19. The van der Waals surface area contributed by atoms with Gasteiger partial charge in [-0.15, -0.1) is 5.54 Å². The summed E-state index contributed by atoms with van der Waals surface area (Å²) in [6.07, 6.45) is 3.43. The van der Waals surface area contributed by atoms with Gasteiger partial charge in [0, 0.05) is 6.42 Å². The molecule has 0 aromatic heterocycles. The highest BCUT2D eigenvalue weighted by Gasteiger charge is 2.23. The first-order valence-corrected chi connectivity index (χ1v) is 8.86. The Bertz CT molecular complexity index is 257. The molecule has 0 aromatic rings. The summed E-state index contributed by atoms with van der Waals surface area (Å²) >= 11 is 0. The molecule has 0 bridgehead atoms. The molecule has 0 N–H and O–H groups in total. The van der Waals surface area contributed by atoms with Crippen molar-refractivity contribution in [1.29, 1.82) is 0 Å². The molecule has 0 aliphatic rings. The molecule has 0 aliphatic carbocycles. The SMILES string of the molecule is CCCCC#CC#C[Si](CC)(CC)CC. The van der Waals surface area contributed by atoms with Gasteiger partial charge >= 0.3 is 0 Å². The van der Waals surface area contributed by atoms with Gasteiger partial charge in [0.1, 0.15) is 8.07 Å². The fourth-order valence-electron chi connectivity index (χ4n) is 1.55. The average molecular weight is 220 g/mol. The first-order valence-electron chi connectivity index (χ1n) is 6.24. The van der Waals surface area contributed by atoms with E-state index in [2.05, 4.69) is 51.0 Å². The highest BCUT2D eigenvalue weighted by atomic mass is 28.3. The summed E-state index contributed by atoms with van der Waals surface area (Å²) in [5.41, 5.74) is 3.47. The van der Waals surface area contributed by atoms with Gasteiger partial charge in [-0.2, -0.15) is 0 Å². The third kappa shape index (κ3) is 5.70. The molecule has 0 amide bonds. The van der Waals surface area contributed by atoms with E-state index in [1.165, 1.54) is 31.0 Å². The Hall–Kier alpha value is -0.663. The zero-order valence-corrected chi connectivity index (χ0v) is 11.7. The van der Waals surface area contributed by atoms with E-state index in [0.717, 1.165) is 6.42 Å². The summed E-state index contributed by atoms with van der Waals surface area (Å²) < 4.78 is 0. The molecule has 0 spiro atoms. The van der Waals surface area contributed by atoms with Crippen LogP contribution < -0.4 is 0 Å². The monoisotopic (exact) mass is 220 g/mol. The molecule has 0 fully saturated rings. The van der Waals surface area contributed by atoms with Crippen molar-refractivity contribution in [3.8, 4) is 23.3 Å². The summed E-state index contributed by atoms with van der Waals surface area (Å²) in [6, 6.07) is 3.80. The zero-order valence-electron chi connectivity index (χ0n) is 10.7. The standard InChI is InChI=1S/C14H24Si/c1-5-9-10-11-12-13-14-15(6-2,7-3)8-4/h5-10H2,1-4H3. The maximum Gasteiger partial charge on any atom is 0.139 e.